The maximum atomic E-state index is 10.9. The van der Waals surface area contributed by atoms with Crippen LogP contribution in [0, 0.1) is 0 Å². The van der Waals surface area contributed by atoms with Crippen LogP contribution in [0.1, 0.15) is 19.3 Å². The monoisotopic (exact) mass is 266 g/mol. The fraction of sp³-hybridized carbons (Fsp3) is 0.833. The zero-order valence-corrected chi connectivity index (χ0v) is 8.52. The molecule has 0 aromatic heterocycles. The summed E-state index contributed by atoms with van der Waals surface area (Å²) in [7, 11) is -4.77. The van der Waals surface area contributed by atoms with E-state index in [4.69, 9.17) is 21.3 Å². The van der Waals surface area contributed by atoms with Crippen molar-refractivity contribution in [3.63, 3.8) is 0 Å². The van der Waals surface area contributed by atoms with Crippen molar-refractivity contribution in [2.24, 2.45) is 11.5 Å². The molecule has 0 aliphatic heterocycles. The molecule has 0 bridgehead atoms. The Hall–Kier alpha value is 1.18. The van der Waals surface area contributed by atoms with E-state index in [2.05, 4.69) is 4.52 Å². The summed E-state index contributed by atoms with van der Waals surface area (Å²) in [6.07, 6.45) is 1.63. The normalized spacial score (nSPS) is 12.8. The van der Waals surface area contributed by atoms with Gasteiger partial charge in [0.25, 0.3) is 0 Å². The molecule has 1 atom stereocenters. The molecule has 0 heterocycles. The van der Waals surface area contributed by atoms with Gasteiger partial charge >= 0.3 is 65.2 Å². The third-order valence-corrected chi connectivity index (χ3v) is 1.90. The molecule has 0 aromatic rings. The molecule has 0 rings (SSSR count). The molecular formula is C6H16KN2O5P. The zero-order chi connectivity index (χ0) is 11.2. The summed E-state index contributed by atoms with van der Waals surface area (Å²) in [6, 6.07) is -1.01. The molecule has 0 unspecified atom stereocenters. The SMILES string of the molecule is NCCCC[C@H](N)C(=O)OP(=O)(O)O.[KH]. The summed E-state index contributed by atoms with van der Waals surface area (Å²) in [5.41, 5.74) is 10.5. The van der Waals surface area contributed by atoms with E-state index in [1.165, 1.54) is 0 Å². The van der Waals surface area contributed by atoms with Crippen LogP contribution < -0.4 is 11.5 Å². The number of carbonyl (C=O) groups is 1. The van der Waals surface area contributed by atoms with E-state index < -0.39 is 19.8 Å². The van der Waals surface area contributed by atoms with Crippen LogP contribution in [0.5, 0.6) is 0 Å². The molecule has 9 heteroatoms. The maximum absolute atomic E-state index is 10.9. The second kappa shape index (κ2) is 9.23. The standard InChI is InChI=1S/C6H15N2O5P.K.H/c7-4-2-1-3-5(8)6(9)13-14(10,11)12;;/h5H,1-4,7-8H2,(H2,10,11,12);;/t5-;;/m0../s1. The van der Waals surface area contributed by atoms with Crippen LogP contribution in [-0.2, 0) is 13.9 Å². The molecule has 0 fully saturated rings. The fourth-order valence-electron chi connectivity index (χ4n) is 0.811. The van der Waals surface area contributed by atoms with Crippen LogP contribution >= 0.6 is 7.82 Å². The van der Waals surface area contributed by atoms with Crippen molar-refractivity contribution in [3.8, 4) is 0 Å². The van der Waals surface area contributed by atoms with Crippen LogP contribution in [-0.4, -0.2) is 79.7 Å². The molecule has 0 spiro atoms. The van der Waals surface area contributed by atoms with Crippen molar-refractivity contribution in [1.82, 2.24) is 0 Å². The van der Waals surface area contributed by atoms with E-state index >= 15 is 0 Å². The summed E-state index contributed by atoms with van der Waals surface area (Å²) in [4.78, 5) is 27.5. The van der Waals surface area contributed by atoms with Gasteiger partial charge in [-0.15, -0.1) is 0 Å². The van der Waals surface area contributed by atoms with Gasteiger partial charge in [-0.3, -0.25) is 9.79 Å². The molecular weight excluding hydrogens is 250 g/mol. The van der Waals surface area contributed by atoms with Gasteiger partial charge in [0.1, 0.15) is 6.04 Å². The molecule has 0 saturated heterocycles. The summed E-state index contributed by atoms with van der Waals surface area (Å²) >= 11 is 0. The Kier molecular flexibility index (Phi) is 11.4. The van der Waals surface area contributed by atoms with E-state index in [1.807, 2.05) is 0 Å². The number of hydrogen-bond acceptors (Lipinski definition) is 5. The van der Waals surface area contributed by atoms with Crippen molar-refractivity contribution >= 4 is 65.2 Å². The van der Waals surface area contributed by atoms with E-state index in [1.54, 1.807) is 0 Å². The Balaban J connectivity index is 0. The number of phosphoric acid groups is 1. The van der Waals surface area contributed by atoms with Gasteiger partial charge in [-0.2, -0.15) is 0 Å². The van der Waals surface area contributed by atoms with Crippen molar-refractivity contribution in [2.75, 3.05) is 6.54 Å². The van der Waals surface area contributed by atoms with Gasteiger partial charge in [0, 0.05) is 0 Å². The Bertz CT molecular complexity index is 234. The molecule has 0 aliphatic carbocycles. The van der Waals surface area contributed by atoms with Crippen LogP contribution in [0.3, 0.4) is 0 Å². The number of unbranched alkanes of at least 4 members (excludes halogenated alkanes) is 1. The number of phosphoric ester groups is 1. The van der Waals surface area contributed by atoms with Crippen molar-refractivity contribution < 1.29 is 23.7 Å². The van der Waals surface area contributed by atoms with Gasteiger partial charge in [0.05, 0.1) is 0 Å². The number of carbonyl (C=O) groups excluding carboxylic acids is 1. The molecule has 86 valence electrons. The second-order valence-electron chi connectivity index (χ2n) is 2.79. The first kappa shape index (κ1) is 18.5. The molecule has 0 radical (unpaired) electrons. The van der Waals surface area contributed by atoms with Gasteiger partial charge in [0.15, 0.2) is 0 Å². The predicted molar refractivity (Wildman–Crippen MR) is 56.2 cm³/mol. The zero-order valence-electron chi connectivity index (χ0n) is 7.63. The van der Waals surface area contributed by atoms with Crippen LogP contribution in [0.25, 0.3) is 0 Å². The van der Waals surface area contributed by atoms with Crippen LogP contribution in [0.2, 0.25) is 0 Å². The van der Waals surface area contributed by atoms with E-state index in [-0.39, 0.29) is 51.4 Å². The second-order valence-corrected chi connectivity index (χ2v) is 3.96. The average molecular weight is 266 g/mol. The molecule has 7 nitrogen and oxygen atoms in total. The van der Waals surface area contributed by atoms with Crippen LogP contribution in [0.15, 0.2) is 0 Å². The minimum atomic E-state index is -4.77. The van der Waals surface area contributed by atoms with Gasteiger partial charge < -0.3 is 16.0 Å². The third-order valence-electron chi connectivity index (χ3n) is 1.48. The minimum absolute atomic E-state index is 0. The summed E-state index contributed by atoms with van der Waals surface area (Å²) in [6.45, 7) is 0.486. The number of hydrogen-bond donors (Lipinski definition) is 4. The van der Waals surface area contributed by atoms with E-state index in [9.17, 15) is 9.36 Å². The summed E-state index contributed by atoms with van der Waals surface area (Å²) in [5.74, 6) is -1.09. The third kappa shape index (κ3) is 11.4. The number of rotatable bonds is 6. The predicted octanol–water partition coefficient (Wildman–Crippen LogP) is -1.57. The fourth-order valence-corrected chi connectivity index (χ4v) is 1.18. The van der Waals surface area contributed by atoms with Gasteiger partial charge in [-0.1, -0.05) is 6.42 Å². The van der Waals surface area contributed by atoms with Gasteiger partial charge in [-0.05, 0) is 19.4 Å². The van der Waals surface area contributed by atoms with Crippen molar-refractivity contribution in [1.29, 1.82) is 0 Å². The van der Waals surface area contributed by atoms with E-state index in [0.29, 0.717) is 25.8 Å². The quantitative estimate of drug-likeness (QED) is 0.259. The van der Waals surface area contributed by atoms with Gasteiger partial charge in [0.2, 0.25) is 0 Å². The molecule has 0 aromatic carbocycles. The molecule has 0 aliphatic rings. The van der Waals surface area contributed by atoms with E-state index in [0.717, 1.165) is 0 Å². The summed E-state index contributed by atoms with van der Waals surface area (Å²) < 4.78 is 14.1. The molecule has 0 amide bonds. The molecule has 6 N–H and O–H groups in total. The molecule has 0 saturated carbocycles. The topological polar surface area (TPSA) is 136 Å². The summed E-state index contributed by atoms with van der Waals surface area (Å²) in [5, 5.41) is 0. The van der Waals surface area contributed by atoms with Crippen molar-refractivity contribution in [3.05, 3.63) is 0 Å². The first-order valence-electron chi connectivity index (χ1n) is 4.11. The van der Waals surface area contributed by atoms with Crippen LogP contribution in [0.4, 0.5) is 0 Å². The Morgan fingerprint density at radius 1 is 1.40 bits per heavy atom. The Labute approximate surface area is 131 Å². The number of nitrogens with two attached hydrogens (primary N) is 2. The average Bonchev–Trinajstić information content (AvgIpc) is 2.01. The Morgan fingerprint density at radius 3 is 2.33 bits per heavy atom. The first-order chi connectivity index (χ1) is 6.37. The molecule has 15 heavy (non-hydrogen) atoms. The van der Waals surface area contributed by atoms with Gasteiger partial charge in [-0.25, -0.2) is 9.36 Å². The Morgan fingerprint density at radius 2 is 1.93 bits per heavy atom. The van der Waals surface area contributed by atoms with Crippen molar-refractivity contribution in [2.45, 2.75) is 25.3 Å². The first-order valence-corrected chi connectivity index (χ1v) is 5.64.